The Morgan fingerprint density at radius 3 is 2.68 bits per heavy atom. The Morgan fingerprint density at radius 1 is 1.26 bits per heavy atom. The Bertz CT molecular complexity index is 1060. The summed E-state index contributed by atoms with van der Waals surface area (Å²) >= 11 is 6.25. The van der Waals surface area contributed by atoms with E-state index < -0.39 is 5.97 Å². The maximum absolute atomic E-state index is 11.1. The van der Waals surface area contributed by atoms with Crippen molar-refractivity contribution in [2.45, 2.75) is 45.6 Å². The molecule has 0 unspecified atom stereocenters. The fourth-order valence-corrected chi connectivity index (χ4v) is 4.13. The van der Waals surface area contributed by atoms with Gasteiger partial charge < -0.3 is 14.4 Å². The van der Waals surface area contributed by atoms with Crippen LogP contribution in [0.2, 0.25) is 5.02 Å². The number of hydrogen-bond donors (Lipinski definition) is 1. The third-order valence-corrected chi connectivity index (χ3v) is 5.73. The zero-order valence-corrected chi connectivity index (χ0v) is 18.2. The molecule has 0 bridgehead atoms. The molecule has 0 saturated heterocycles. The molecule has 2 aromatic heterocycles. The van der Waals surface area contributed by atoms with Gasteiger partial charge in [0.2, 0.25) is 11.7 Å². The molecule has 0 radical (unpaired) electrons. The number of benzene rings is 1. The normalized spacial score (nSPS) is 18.5. The molecule has 1 fully saturated rings. The second-order valence-corrected chi connectivity index (χ2v) is 8.62. The van der Waals surface area contributed by atoms with E-state index >= 15 is 0 Å². The maximum Gasteiger partial charge on any atom is 0.306 e. The zero-order valence-electron chi connectivity index (χ0n) is 17.4. The van der Waals surface area contributed by atoms with Crippen LogP contribution in [0.3, 0.4) is 0 Å². The maximum atomic E-state index is 11.1. The molecule has 0 amide bonds. The van der Waals surface area contributed by atoms with E-state index in [4.69, 9.17) is 26.0 Å². The number of halogens is 1. The van der Waals surface area contributed by atoms with Crippen LogP contribution in [0.1, 0.15) is 38.7 Å². The molecule has 7 nitrogen and oxygen atoms in total. The van der Waals surface area contributed by atoms with Crippen LogP contribution in [-0.2, 0) is 11.2 Å². The Hall–Kier alpha value is -2.93. The SMILES string of the molecule is CC(C)Oc1ncc(-c2nc(-c3ccc(C[C@H]4CC[C@@H](C(=O)O)C4)cc3)no2)cc1Cl. The van der Waals surface area contributed by atoms with E-state index in [1.807, 2.05) is 38.1 Å². The van der Waals surface area contributed by atoms with E-state index in [0.29, 0.717) is 34.1 Å². The minimum atomic E-state index is -0.677. The summed E-state index contributed by atoms with van der Waals surface area (Å²) < 4.78 is 10.9. The summed E-state index contributed by atoms with van der Waals surface area (Å²) in [6, 6.07) is 9.68. The Labute approximate surface area is 185 Å². The van der Waals surface area contributed by atoms with Crippen molar-refractivity contribution in [3.8, 4) is 28.7 Å². The number of carbonyl (C=O) groups is 1. The van der Waals surface area contributed by atoms with Gasteiger partial charge in [-0.2, -0.15) is 4.98 Å². The molecule has 1 saturated carbocycles. The summed E-state index contributed by atoms with van der Waals surface area (Å²) in [7, 11) is 0. The van der Waals surface area contributed by atoms with Crippen LogP contribution >= 0.6 is 11.6 Å². The molecular weight excluding hydrogens is 418 g/mol. The van der Waals surface area contributed by atoms with Gasteiger partial charge in [0.1, 0.15) is 5.02 Å². The average molecular weight is 442 g/mol. The van der Waals surface area contributed by atoms with Crippen molar-refractivity contribution in [3.05, 3.63) is 47.1 Å². The number of ether oxygens (including phenoxy) is 1. The smallest absolute Gasteiger partial charge is 0.306 e. The molecule has 2 heterocycles. The summed E-state index contributed by atoms with van der Waals surface area (Å²) in [6.45, 7) is 3.81. The number of hydrogen-bond acceptors (Lipinski definition) is 6. The first-order chi connectivity index (χ1) is 14.9. The highest BCUT2D eigenvalue weighted by atomic mass is 35.5. The summed E-state index contributed by atoms with van der Waals surface area (Å²) in [4.78, 5) is 19.8. The minimum absolute atomic E-state index is 0.0268. The topological polar surface area (TPSA) is 98.3 Å². The van der Waals surface area contributed by atoms with E-state index in [9.17, 15) is 4.79 Å². The lowest BCUT2D eigenvalue weighted by atomic mass is 9.96. The molecule has 1 aliphatic rings. The highest BCUT2D eigenvalue weighted by molar-refractivity contribution is 6.32. The zero-order chi connectivity index (χ0) is 22.0. The molecule has 4 rings (SSSR count). The molecule has 1 N–H and O–H groups in total. The summed E-state index contributed by atoms with van der Waals surface area (Å²) in [5.74, 6) is 0.721. The summed E-state index contributed by atoms with van der Waals surface area (Å²) in [5, 5.41) is 13.6. The molecule has 8 heteroatoms. The van der Waals surface area contributed by atoms with Crippen molar-refractivity contribution in [1.29, 1.82) is 0 Å². The van der Waals surface area contributed by atoms with Crippen molar-refractivity contribution >= 4 is 17.6 Å². The number of nitrogens with zero attached hydrogens (tertiary/aromatic N) is 3. The van der Waals surface area contributed by atoms with Crippen LogP contribution in [-0.4, -0.2) is 32.3 Å². The second kappa shape index (κ2) is 9.06. The predicted molar refractivity (Wildman–Crippen MR) is 116 cm³/mol. The van der Waals surface area contributed by atoms with Gasteiger partial charge in [-0.15, -0.1) is 0 Å². The molecule has 1 aliphatic carbocycles. The van der Waals surface area contributed by atoms with Gasteiger partial charge in [0.15, 0.2) is 0 Å². The highest BCUT2D eigenvalue weighted by Crippen LogP contribution is 2.34. The molecular formula is C23H24ClN3O4. The largest absolute Gasteiger partial charge is 0.481 e. The van der Waals surface area contributed by atoms with Crippen LogP contribution in [0.15, 0.2) is 41.1 Å². The van der Waals surface area contributed by atoms with Crippen LogP contribution in [0.5, 0.6) is 5.88 Å². The van der Waals surface area contributed by atoms with Crippen LogP contribution in [0.4, 0.5) is 0 Å². The Balaban J connectivity index is 1.43. The first-order valence-corrected chi connectivity index (χ1v) is 10.7. The number of pyridine rings is 1. The molecule has 3 aromatic rings. The Morgan fingerprint density at radius 2 is 2.03 bits per heavy atom. The van der Waals surface area contributed by atoms with E-state index in [2.05, 4.69) is 15.1 Å². The average Bonchev–Trinajstić information content (AvgIpc) is 3.40. The van der Waals surface area contributed by atoms with E-state index in [-0.39, 0.29) is 12.0 Å². The highest BCUT2D eigenvalue weighted by Gasteiger charge is 2.29. The minimum Gasteiger partial charge on any atom is -0.481 e. The summed E-state index contributed by atoms with van der Waals surface area (Å²) in [6.07, 6.45) is 4.94. The van der Waals surface area contributed by atoms with Crippen LogP contribution in [0.25, 0.3) is 22.8 Å². The Kier molecular flexibility index (Phi) is 6.23. The van der Waals surface area contributed by atoms with Crippen molar-refractivity contribution in [3.63, 3.8) is 0 Å². The molecule has 162 valence electrons. The van der Waals surface area contributed by atoms with Gasteiger partial charge in [0.05, 0.1) is 17.6 Å². The van der Waals surface area contributed by atoms with Gasteiger partial charge in [0.25, 0.3) is 5.89 Å². The first-order valence-electron chi connectivity index (χ1n) is 10.4. The number of carboxylic acids is 1. The first kappa shape index (κ1) is 21.3. The summed E-state index contributed by atoms with van der Waals surface area (Å²) in [5.41, 5.74) is 2.64. The van der Waals surface area contributed by atoms with Crippen LogP contribution in [0, 0.1) is 11.8 Å². The van der Waals surface area contributed by atoms with Crippen molar-refractivity contribution in [2.75, 3.05) is 0 Å². The third-order valence-electron chi connectivity index (χ3n) is 5.45. The fourth-order valence-electron chi connectivity index (χ4n) is 3.92. The lowest BCUT2D eigenvalue weighted by Gasteiger charge is -2.10. The van der Waals surface area contributed by atoms with E-state index in [1.165, 1.54) is 5.56 Å². The fraction of sp³-hybridized carbons (Fsp3) is 0.391. The molecule has 0 spiro atoms. The molecule has 31 heavy (non-hydrogen) atoms. The third kappa shape index (κ3) is 5.05. The number of aromatic nitrogens is 3. The van der Waals surface area contributed by atoms with Gasteiger partial charge in [-0.1, -0.05) is 41.0 Å². The standard InChI is InChI=1S/C23H24ClN3O4/c1-13(2)30-22-19(24)11-18(12-25-22)21-26-20(27-31-21)16-6-3-14(4-7-16)9-15-5-8-17(10-15)23(28)29/h3-4,6-7,11-13,15,17H,5,8-10H2,1-2H3,(H,28,29)/t15-,17-/m1/s1. The molecule has 2 atom stereocenters. The van der Waals surface area contributed by atoms with Gasteiger partial charge in [-0.3, -0.25) is 4.79 Å². The van der Waals surface area contributed by atoms with Crippen molar-refractivity contribution < 1.29 is 19.2 Å². The van der Waals surface area contributed by atoms with Gasteiger partial charge in [0, 0.05) is 11.8 Å². The van der Waals surface area contributed by atoms with Crippen molar-refractivity contribution in [1.82, 2.24) is 15.1 Å². The van der Waals surface area contributed by atoms with Gasteiger partial charge in [-0.05, 0) is 57.1 Å². The predicted octanol–water partition coefficient (Wildman–Crippen LogP) is 5.28. The molecule has 1 aromatic carbocycles. The number of carboxylic acid groups (broad SMARTS) is 1. The number of aliphatic carboxylic acids is 1. The van der Waals surface area contributed by atoms with Gasteiger partial charge >= 0.3 is 5.97 Å². The quantitative estimate of drug-likeness (QED) is 0.532. The van der Waals surface area contributed by atoms with E-state index in [0.717, 1.165) is 31.2 Å². The monoisotopic (exact) mass is 441 g/mol. The van der Waals surface area contributed by atoms with Crippen molar-refractivity contribution in [2.24, 2.45) is 11.8 Å². The lowest BCUT2D eigenvalue weighted by Crippen LogP contribution is -2.10. The van der Waals surface area contributed by atoms with Crippen LogP contribution < -0.4 is 4.74 Å². The molecule has 0 aliphatic heterocycles. The number of rotatable bonds is 7. The second-order valence-electron chi connectivity index (χ2n) is 8.22. The van der Waals surface area contributed by atoms with E-state index in [1.54, 1.807) is 12.3 Å². The lowest BCUT2D eigenvalue weighted by molar-refractivity contribution is -0.141. The van der Waals surface area contributed by atoms with Gasteiger partial charge in [-0.25, -0.2) is 4.98 Å².